The lowest BCUT2D eigenvalue weighted by Gasteiger charge is -2.38. The third kappa shape index (κ3) is 3.09. The summed E-state index contributed by atoms with van der Waals surface area (Å²) < 4.78 is 26.6. The number of halogens is 1. The van der Waals surface area contributed by atoms with Crippen molar-refractivity contribution >= 4 is 27.3 Å². The minimum Gasteiger partial charge on any atom is -0.324 e. The van der Waals surface area contributed by atoms with Crippen LogP contribution in [-0.2, 0) is 10.0 Å². The van der Waals surface area contributed by atoms with Gasteiger partial charge in [0.25, 0.3) is 5.69 Å². The molecule has 1 saturated carbocycles. The smallest absolute Gasteiger partial charge is 0.271 e. The molecular formula is C11H14ClN3O4S. The van der Waals surface area contributed by atoms with Gasteiger partial charge in [0.15, 0.2) is 0 Å². The van der Waals surface area contributed by atoms with Crippen LogP contribution in [0.2, 0.25) is 5.02 Å². The quantitative estimate of drug-likeness (QED) is 0.629. The number of non-ortho nitro benzene ring substituents is 1. The van der Waals surface area contributed by atoms with Gasteiger partial charge in [-0.25, -0.2) is 13.1 Å². The van der Waals surface area contributed by atoms with Gasteiger partial charge >= 0.3 is 0 Å². The second-order valence-electron chi connectivity index (χ2n) is 4.91. The standard InChI is InChI=1S/C11H14ClN3O4S/c12-9-6-8(15(16)17)2-3-10(9)20(18,19)14-7-11(13)4-1-5-11/h2-3,6,14H,1,4-5,7,13H2. The first kappa shape index (κ1) is 15.2. The maximum atomic E-state index is 12.1. The third-order valence-electron chi connectivity index (χ3n) is 3.38. The molecule has 2 rings (SSSR count). The highest BCUT2D eigenvalue weighted by Crippen LogP contribution is 2.30. The normalized spacial score (nSPS) is 17.5. The molecule has 0 atom stereocenters. The van der Waals surface area contributed by atoms with Gasteiger partial charge in [-0.05, 0) is 25.3 Å². The van der Waals surface area contributed by atoms with Gasteiger partial charge in [-0.2, -0.15) is 0 Å². The molecule has 1 aromatic rings. The van der Waals surface area contributed by atoms with Crippen molar-refractivity contribution < 1.29 is 13.3 Å². The number of nitrogens with zero attached hydrogens (tertiary/aromatic N) is 1. The molecule has 0 spiro atoms. The third-order valence-corrected chi connectivity index (χ3v) is 5.26. The van der Waals surface area contributed by atoms with E-state index in [9.17, 15) is 18.5 Å². The molecule has 0 amide bonds. The van der Waals surface area contributed by atoms with E-state index in [-0.39, 0.29) is 22.2 Å². The van der Waals surface area contributed by atoms with Crippen LogP contribution in [0.15, 0.2) is 23.1 Å². The molecule has 1 aromatic carbocycles. The van der Waals surface area contributed by atoms with Crippen LogP contribution >= 0.6 is 11.6 Å². The molecule has 0 unspecified atom stereocenters. The summed E-state index contributed by atoms with van der Waals surface area (Å²) in [4.78, 5) is 9.76. The van der Waals surface area contributed by atoms with Crippen LogP contribution in [0.25, 0.3) is 0 Å². The minimum absolute atomic E-state index is 0.128. The monoisotopic (exact) mass is 319 g/mol. The highest BCUT2D eigenvalue weighted by molar-refractivity contribution is 7.89. The van der Waals surface area contributed by atoms with Crippen LogP contribution in [-0.4, -0.2) is 25.4 Å². The molecule has 3 N–H and O–H groups in total. The Bertz CT molecular complexity index is 643. The summed E-state index contributed by atoms with van der Waals surface area (Å²) in [6.07, 6.45) is 2.52. The van der Waals surface area contributed by atoms with Crippen molar-refractivity contribution in [3.05, 3.63) is 33.3 Å². The fourth-order valence-electron chi connectivity index (χ4n) is 1.95. The van der Waals surface area contributed by atoms with Crippen molar-refractivity contribution in [3.8, 4) is 0 Å². The molecule has 0 heterocycles. The predicted octanol–water partition coefficient (Wildman–Crippen LogP) is 1.41. The van der Waals surface area contributed by atoms with Crippen LogP contribution in [0.5, 0.6) is 0 Å². The van der Waals surface area contributed by atoms with Crippen molar-refractivity contribution in [1.29, 1.82) is 0 Å². The lowest BCUT2D eigenvalue weighted by molar-refractivity contribution is -0.384. The van der Waals surface area contributed by atoms with Crippen molar-refractivity contribution in [2.24, 2.45) is 5.73 Å². The van der Waals surface area contributed by atoms with Crippen LogP contribution in [0.3, 0.4) is 0 Å². The first-order chi connectivity index (χ1) is 9.23. The van der Waals surface area contributed by atoms with Gasteiger partial charge in [0, 0.05) is 24.2 Å². The van der Waals surface area contributed by atoms with E-state index in [4.69, 9.17) is 17.3 Å². The summed E-state index contributed by atoms with van der Waals surface area (Å²) in [7, 11) is -3.83. The molecule has 0 radical (unpaired) electrons. The Morgan fingerprint density at radius 3 is 2.55 bits per heavy atom. The summed E-state index contributed by atoms with van der Waals surface area (Å²) >= 11 is 5.80. The van der Waals surface area contributed by atoms with Crippen molar-refractivity contribution in [2.45, 2.75) is 29.7 Å². The van der Waals surface area contributed by atoms with Crippen molar-refractivity contribution in [2.75, 3.05) is 6.54 Å². The summed E-state index contributed by atoms with van der Waals surface area (Å²) in [5.41, 5.74) is 5.18. The zero-order chi connectivity index (χ0) is 15.0. The summed E-state index contributed by atoms with van der Waals surface area (Å²) in [6.45, 7) is 0.128. The second-order valence-corrected chi connectivity index (χ2v) is 7.05. The van der Waals surface area contributed by atoms with Crippen molar-refractivity contribution in [1.82, 2.24) is 4.72 Å². The number of benzene rings is 1. The van der Waals surface area contributed by atoms with Gasteiger partial charge in [0.1, 0.15) is 4.90 Å². The maximum Gasteiger partial charge on any atom is 0.271 e. The summed E-state index contributed by atoms with van der Waals surface area (Å²) in [5.74, 6) is 0. The lowest BCUT2D eigenvalue weighted by atomic mass is 9.78. The highest BCUT2D eigenvalue weighted by atomic mass is 35.5. The zero-order valence-corrected chi connectivity index (χ0v) is 12.1. The van der Waals surface area contributed by atoms with Gasteiger partial charge in [0.2, 0.25) is 10.0 Å². The van der Waals surface area contributed by atoms with E-state index in [1.807, 2.05) is 0 Å². The Kier molecular flexibility index (Phi) is 4.01. The minimum atomic E-state index is -3.83. The molecular weight excluding hydrogens is 306 g/mol. The number of nitrogens with one attached hydrogen (secondary N) is 1. The van der Waals surface area contributed by atoms with E-state index >= 15 is 0 Å². The van der Waals surface area contributed by atoms with E-state index in [0.717, 1.165) is 37.5 Å². The largest absolute Gasteiger partial charge is 0.324 e. The number of rotatable bonds is 5. The fourth-order valence-corrected chi connectivity index (χ4v) is 3.62. The van der Waals surface area contributed by atoms with Crippen LogP contribution in [0.1, 0.15) is 19.3 Å². The molecule has 1 aliphatic rings. The molecule has 0 bridgehead atoms. The highest BCUT2D eigenvalue weighted by Gasteiger charge is 2.34. The fraction of sp³-hybridized carbons (Fsp3) is 0.455. The Hall–Kier alpha value is -1.22. The Morgan fingerprint density at radius 2 is 2.10 bits per heavy atom. The molecule has 1 fully saturated rings. The molecule has 0 saturated heterocycles. The molecule has 1 aliphatic carbocycles. The number of sulfonamides is 1. The van der Waals surface area contributed by atoms with E-state index in [1.54, 1.807) is 0 Å². The molecule has 9 heteroatoms. The molecule has 7 nitrogen and oxygen atoms in total. The number of nitro groups is 1. The molecule has 0 aromatic heterocycles. The first-order valence-electron chi connectivity index (χ1n) is 5.96. The van der Waals surface area contributed by atoms with Crippen LogP contribution < -0.4 is 10.5 Å². The molecule has 0 aliphatic heterocycles. The average Bonchev–Trinajstić information content (AvgIpc) is 2.33. The van der Waals surface area contributed by atoms with E-state index < -0.39 is 20.5 Å². The maximum absolute atomic E-state index is 12.1. The van der Waals surface area contributed by atoms with Crippen LogP contribution in [0.4, 0.5) is 5.69 Å². The summed E-state index contributed by atoms with van der Waals surface area (Å²) in [5, 5.41) is 10.4. The lowest BCUT2D eigenvalue weighted by Crippen LogP contribution is -2.54. The Balaban J connectivity index is 2.18. The van der Waals surface area contributed by atoms with Gasteiger partial charge in [-0.3, -0.25) is 10.1 Å². The number of hydrogen-bond donors (Lipinski definition) is 2. The molecule has 110 valence electrons. The van der Waals surface area contributed by atoms with E-state index in [1.165, 1.54) is 0 Å². The number of nitrogens with two attached hydrogens (primary N) is 1. The van der Waals surface area contributed by atoms with Crippen molar-refractivity contribution in [3.63, 3.8) is 0 Å². The van der Waals surface area contributed by atoms with Crippen LogP contribution in [0, 0.1) is 10.1 Å². The number of hydrogen-bond acceptors (Lipinski definition) is 5. The van der Waals surface area contributed by atoms with E-state index in [0.29, 0.717) is 0 Å². The van der Waals surface area contributed by atoms with Gasteiger partial charge in [0.05, 0.1) is 9.95 Å². The predicted molar refractivity (Wildman–Crippen MR) is 74.1 cm³/mol. The van der Waals surface area contributed by atoms with Gasteiger partial charge in [-0.1, -0.05) is 11.6 Å². The average molecular weight is 320 g/mol. The Labute approximate surface area is 121 Å². The Morgan fingerprint density at radius 1 is 1.45 bits per heavy atom. The van der Waals surface area contributed by atoms with Gasteiger partial charge in [-0.15, -0.1) is 0 Å². The molecule has 20 heavy (non-hydrogen) atoms. The topological polar surface area (TPSA) is 115 Å². The first-order valence-corrected chi connectivity index (χ1v) is 7.82. The SMILES string of the molecule is NC1(CNS(=O)(=O)c2ccc([N+](=O)[O-])cc2Cl)CCC1. The zero-order valence-electron chi connectivity index (χ0n) is 10.5. The second kappa shape index (κ2) is 5.28. The van der Waals surface area contributed by atoms with Gasteiger partial charge < -0.3 is 5.73 Å². The van der Waals surface area contributed by atoms with E-state index in [2.05, 4.69) is 4.72 Å². The number of nitro benzene ring substituents is 1. The summed E-state index contributed by atoms with van der Waals surface area (Å²) in [6, 6.07) is 3.23.